The normalized spacial score (nSPS) is 9.60. The number of fused-ring (bicyclic) bond motifs is 1. The summed E-state index contributed by atoms with van der Waals surface area (Å²) in [6.07, 6.45) is 0. The fourth-order valence-corrected chi connectivity index (χ4v) is 2.74. The van der Waals surface area contributed by atoms with Crippen molar-refractivity contribution in [2.45, 2.75) is 4.90 Å². The monoisotopic (exact) mass is 304 g/mol. The fraction of sp³-hybridized carbons (Fsp3) is 0. The lowest BCUT2D eigenvalue weighted by Gasteiger charge is -1.84. The van der Waals surface area contributed by atoms with Crippen LogP contribution in [0.4, 0.5) is 5.69 Å². The summed E-state index contributed by atoms with van der Waals surface area (Å²) in [4.78, 5) is 9.82. The van der Waals surface area contributed by atoms with E-state index in [0.29, 0.717) is 0 Å². The molecule has 0 saturated carbocycles. The summed E-state index contributed by atoms with van der Waals surface area (Å²) in [5.74, 6) is 0. The summed E-state index contributed by atoms with van der Waals surface area (Å²) < 4.78 is 11.6. The molecule has 0 atom stereocenters. The minimum atomic E-state index is -0.569. The number of nitro benzene ring substituents is 1. The molecule has 0 bridgehead atoms. The Morgan fingerprint density at radius 2 is 1.70 bits per heavy atom. The van der Waals surface area contributed by atoms with Gasteiger partial charge in [0.15, 0.2) is 0 Å². The molecule has 0 amide bonds. The zero-order valence-corrected chi connectivity index (χ0v) is 11.9. The molecule has 0 spiro atoms. The van der Waals surface area contributed by atoms with Crippen LogP contribution in [0.15, 0.2) is 64.9 Å². The highest BCUT2D eigenvalue weighted by Gasteiger charge is 2.22. The summed E-state index contributed by atoms with van der Waals surface area (Å²) in [7, 11) is 0. The lowest BCUT2D eigenvalue weighted by atomic mass is 10.3. The summed E-state index contributed by atoms with van der Waals surface area (Å²) in [6.45, 7) is 0. The fourth-order valence-electron chi connectivity index (χ4n) is 1.58. The molecule has 1 heterocycles. The second-order valence-electron chi connectivity index (χ2n) is 3.77. The number of rotatable bonds is 2. The van der Waals surface area contributed by atoms with Crippen molar-refractivity contribution >= 4 is 38.8 Å². The third-order valence-corrected chi connectivity index (χ3v) is 3.94. The molecule has 0 unspecified atom stereocenters. The van der Waals surface area contributed by atoms with Crippen molar-refractivity contribution in [3.63, 3.8) is 0 Å². The molecule has 0 aliphatic rings. The van der Waals surface area contributed by atoms with E-state index in [-0.39, 0.29) is 22.2 Å². The van der Waals surface area contributed by atoms with Crippen LogP contribution in [-0.2, 0) is 15.9 Å². The van der Waals surface area contributed by atoms with Gasteiger partial charge in [-0.05, 0) is 22.9 Å². The third kappa shape index (κ3) is 3.43. The predicted octanol–water partition coefficient (Wildman–Crippen LogP) is 4.28. The van der Waals surface area contributed by atoms with E-state index in [1.54, 1.807) is 17.4 Å². The topological polar surface area (TPSA) is 60.2 Å². The maximum Gasteiger partial charge on any atom is 0.512 e. The SMILES string of the molecule is O=[S+]c1ccccc1[N+](=O)[O-].c1ccc2sccc2c1. The molecule has 6 heteroatoms. The van der Waals surface area contributed by atoms with Crippen LogP contribution in [0.3, 0.4) is 0 Å². The highest BCUT2D eigenvalue weighted by Crippen LogP contribution is 2.19. The van der Waals surface area contributed by atoms with Gasteiger partial charge in [-0.15, -0.1) is 11.3 Å². The van der Waals surface area contributed by atoms with Crippen LogP contribution < -0.4 is 0 Å². The van der Waals surface area contributed by atoms with E-state index in [2.05, 4.69) is 35.7 Å². The first-order valence-electron chi connectivity index (χ1n) is 5.68. The Morgan fingerprint density at radius 3 is 2.35 bits per heavy atom. The number of hydrogen-bond acceptors (Lipinski definition) is 4. The molecule has 0 aliphatic heterocycles. The molecule has 100 valence electrons. The maximum atomic E-state index is 10.3. The van der Waals surface area contributed by atoms with Gasteiger partial charge in [-0.3, -0.25) is 10.1 Å². The Bertz CT molecular complexity index is 710. The van der Waals surface area contributed by atoms with Crippen LogP contribution in [0.2, 0.25) is 0 Å². The van der Waals surface area contributed by atoms with E-state index in [1.807, 2.05) is 0 Å². The molecule has 20 heavy (non-hydrogen) atoms. The van der Waals surface area contributed by atoms with Gasteiger partial charge >= 0.3 is 22.2 Å². The van der Waals surface area contributed by atoms with Crippen molar-refractivity contribution in [3.05, 3.63) is 70.1 Å². The lowest BCUT2D eigenvalue weighted by molar-refractivity contribution is -0.387. The van der Waals surface area contributed by atoms with Crippen molar-refractivity contribution in [1.29, 1.82) is 0 Å². The van der Waals surface area contributed by atoms with Gasteiger partial charge in [0, 0.05) is 21.0 Å². The quantitative estimate of drug-likeness (QED) is 0.403. The summed E-state index contributed by atoms with van der Waals surface area (Å²) in [5.41, 5.74) is -0.132. The van der Waals surface area contributed by atoms with Gasteiger partial charge in [0.05, 0.1) is 4.92 Å². The van der Waals surface area contributed by atoms with E-state index >= 15 is 0 Å². The molecule has 0 radical (unpaired) electrons. The Kier molecular flexibility index (Phi) is 4.86. The van der Waals surface area contributed by atoms with Gasteiger partial charge < -0.3 is 0 Å². The summed E-state index contributed by atoms with van der Waals surface area (Å²) in [6, 6.07) is 16.4. The smallest absolute Gasteiger partial charge is 0.258 e. The summed E-state index contributed by atoms with van der Waals surface area (Å²) >= 11 is 1.92. The number of nitro groups is 1. The second kappa shape index (κ2) is 6.83. The lowest BCUT2D eigenvalue weighted by Crippen LogP contribution is -1.90. The van der Waals surface area contributed by atoms with Gasteiger partial charge in [0.2, 0.25) is 0 Å². The van der Waals surface area contributed by atoms with Crippen LogP contribution in [0, 0.1) is 10.1 Å². The van der Waals surface area contributed by atoms with E-state index in [9.17, 15) is 14.3 Å². The molecule has 2 aromatic carbocycles. The standard InChI is InChI=1S/C8H6S.C6H4NO3S/c1-2-4-8-7(3-1)5-6-9-8;8-7(9)5-3-1-2-4-6(5)11-10/h1-6H;1-4H/q;+1. The molecular weight excluding hydrogens is 294 g/mol. The van der Waals surface area contributed by atoms with Crippen molar-refractivity contribution in [2.75, 3.05) is 0 Å². The van der Waals surface area contributed by atoms with Crippen molar-refractivity contribution < 1.29 is 9.13 Å². The van der Waals surface area contributed by atoms with Crippen molar-refractivity contribution in [1.82, 2.24) is 0 Å². The zero-order valence-electron chi connectivity index (χ0n) is 10.3. The predicted molar refractivity (Wildman–Crippen MR) is 81.2 cm³/mol. The zero-order chi connectivity index (χ0) is 14.4. The number of nitrogens with zero attached hydrogens (tertiary/aromatic N) is 1. The first-order chi connectivity index (χ1) is 9.72. The molecular formula is C14H10NO3S2+. The number of benzene rings is 2. The maximum absolute atomic E-state index is 10.3. The molecule has 0 N–H and O–H groups in total. The van der Waals surface area contributed by atoms with E-state index < -0.39 is 4.92 Å². The second-order valence-corrected chi connectivity index (χ2v) is 5.32. The van der Waals surface area contributed by atoms with Crippen molar-refractivity contribution in [2.24, 2.45) is 0 Å². The summed E-state index contributed by atoms with van der Waals surface area (Å²) in [5, 5.41) is 13.7. The number of hydrogen-bond donors (Lipinski definition) is 0. The Morgan fingerprint density at radius 1 is 1.00 bits per heavy atom. The van der Waals surface area contributed by atoms with Crippen LogP contribution >= 0.6 is 11.3 Å². The first kappa shape index (κ1) is 14.2. The molecule has 0 saturated heterocycles. The Labute approximate surface area is 123 Å². The molecule has 0 aliphatic carbocycles. The van der Waals surface area contributed by atoms with Crippen molar-refractivity contribution in [3.8, 4) is 0 Å². The number of para-hydroxylation sites is 1. The van der Waals surface area contributed by atoms with E-state index in [1.165, 1.54) is 28.3 Å². The third-order valence-electron chi connectivity index (χ3n) is 2.51. The molecule has 0 fully saturated rings. The van der Waals surface area contributed by atoms with Crippen LogP contribution in [0.1, 0.15) is 0 Å². The van der Waals surface area contributed by atoms with Gasteiger partial charge in [-0.25, -0.2) is 0 Å². The van der Waals surface area contributed by atoms with E-state index in [4.69, 9.17) is 0 Å². The average Bonchev–Trinajstić information content (AvgIpc) is 2.96. The molecule has 4 nitrogen and oxygen atoms in total. The molecule has 1 aromatic heterocycles. The van der Waals surface area contributed by atoms with Gasteiger partial charge in [-0.2, -0.15) is 0 Å². The van der Waals surface area contributed by atoms with Crippen LogP contribution in [0.25, 0.3) is 10.1 Å². The average molecular weight is 304 g/mol. The van der Waals surface area contributed by atoms with Crippen LogP contribution in [0.5, 0.6) is 0 Å². The van der Waals surface area contributed by atoms with E-state index in [0.717, 1.165) is 0 Å². The first-order valence-corrected chi connectivity index (χ1v) is 7.30. The molecule has 3 rings (SSSR count). The van der Waals surface area contributed by atoms with Gasteiger partial charge in [-0.1, -0.05) is 30.3 Å². The minimum Gasteiger partial charge on any atom is -0.258 e. The molecule has 3 aromatic rings. The minimum absolute atomic E-state index is 0.132. The Hall–Kier alpha value is -2.18. The number of thiophene rings is 1. The Balaban J connectivity index is 0.000000149. The highest BCUT2D eigenvalue weighted by molar-refractivity contribution is 7.65. The largest absolute Gasteiger partial charge is 0.512 e. The van der Waals surface area contributed by atoms with Gasteiger partial charge in [0.1, 0.15) is 0 Å². The van der Waals surface area contributed by atoms with Crippen LogP contribution in [-0.4, -0.2) is 4.92 Å². The highest BCUT2D eigenvalue weighted by atomic mass is 32.1. The van der Waals surface area contributed by atoms with Gasteiger partial charge in [0.25, 0.3) is 0 Å².